The van der Waals surface area contributed by atoms with Gasteiger partial charge in [-0.15, -0.1) is 11.3 Å². The Morgan fingerprint density at radius 2 is 2.19 bits per heavy atom. The van der Waals surface area contributed by atoms with Gasteiger partial charge in [0.25, 0.3) is 5.91 Å². The maximum Gasteiger partial charge on any atom is 0.263 e. The van der Waals surface area contributed by atoms with E-state index in [-0.39, 0.29) is 5.91 Å². The number of amides is 1. The summed E-state index contributed by atoms with van der Waals surface area (Å²) in [6, 6.07) is 5.93. The zero-order valence-electron chi connectivity index (χ0n) is 9.27. The first-order valence-electron chi connectivity index (χ1n) is 5.00. The van der Waals surface area contributed by atoms with E-state index in [1.807, 2.05) is 37.6 Å². The average Bonchev–Trinajstić information content (AvgIpc) is 2.88. The quantitative estimate of drug-likeness (QED) is 0.819. The van der Waals surface area contributed by atoms with Crippen LogP contribution in [0.3, 0.4) is 0 Å². The van der Waals surface area contributed by atoms with Crippen molar-refractivity contribution in [2.75, 3.05) is 7.05 Å². The largest absolute Gasteiger partial charge is 0.337 e. The lowest BCUT2D eigenvalue weighted by atomic mass is 10.3. The molecule has 16 heavy (non-hydrogen) atoms. The lowest BCUT2D eigenvalue weighted by Gasteiger charge is -2.15. The van der Waals surface area contributed by atoms with Crippen molar-refractivity contribution < 1.29 is 4.79 Å². The fourth-order valence-electron chi connectivity index (χ4n) is 1.47. The molecule has 0 aliphatic rings. The van der Waals surface area contributed by atoms with Gasteiger partial charge in [0.15, 0.2) is 0 Å². The van der Waals surface area contributed by atoms with Gasteiger partial charge in [0, 0.05) is 18.5 Å². The molecule has 2 nitrogen and oxygen atoms in total. The molecule has 2 rings (SSSR count). The molecule has 4 heteroatoms. The molecule has 0 aliphatic carbocycles. The van der Waals surface area contributed by atoms with Crippen molar-refractivity contribution in [1.29, 1.82) is 0 Å². The molecule has 0 unspecified atom stereocenters. The molecule has 2 aromatic heterocycles. The molecule has 2 heterocycles. The molecular formula is C12H13NOS2. The van der Waals surface area contributed by atoms with E-state index in [1.54, 1.807) is 27.6 Å². The van der Waals surface area contributed by atoms with E-state index < -0.39 is 0 Å². The van der Waals surface area contributed by atoms with Gasteiger partial charge < -0.3 is 4.90 Å². The van der Waals surface area contributed by atoms with Crippen LogP contribution in [0.25, 0.3) is 0 Å². The standard InChI is InChI=1S/C12H13NOS2/c1-9-3-4-11(16-9)12(14)13(2)7-10-5-6-15-8-10/h3-6,8H,7H2,1-2H3. The van der Waals surface area contributed by atoms with Gasteiger partial charge in [-0.2, -0.15) is 11.3 Å². The molecular weight excluding hydrogens is 238 g/mol. The fourth-order valence-corrected chi connectivity index (χ4v) is 2.99. The van der Waals surface area contributed by atoms with Crippen LogP contribution >= 0.6 is 22.7 Å². The summed E-state index contributed by atoms with van der Waals surface area (Å²) in [6.07, 6.45) is 0. The third-order valence-electron chi connectivity index (χ3n) is 2.30. The second-order valence-corrected chi connectivity index (χ2v) is 5.77. The van der Waals surface area contributed by atoms with Crippen molar-refractivity contribution >= 4 is 28.6 Å². The van der Waals surface area contributed by atoms with E-state index in [9.17, 15) is 4.79 Å². The van der Waals surface area contributed by atoms with E-state index in [4.69, 9.17) is 0 Å². The van der Waals surface area contributed by atoms with Gasteiger partial charge in [-0.05, 0) is 41.4 Å². The van der Waals surface area contributed by atoms with Gasteiger partial charge >= 0.3 is 0 Å². The number of carbonyl (C=O) groups is 1. The smallest absolute Gasteiger partial charge is 0.263 e. The highest BCUT2D eigenvalue weighted by molar-refractivity contribution is 7.13. The highest BCUT2D eigenvalue weighted by Gasteiger charge is 2.13. The highest BCUT2D eigenvalue weighted by atomic mass is 32.1. The third kappa shape index (κ3) is 2.51. The van der Waals surface area contributed by atoms with Crippen LogP contribution in [0.1, 0.15) is 20.1 Å². The van der Waals surface area contributed by atoms with Crippen LogP contribution in [0, 0.1) is 6.92 Å². The normalized spacial score (nSPS) is 10.4. The van der Waals surface area contributed by atoms with Gasteiger partial charge in [-0.25, -0.2) is 0 Å². The first-order chi connectivity index (χ1) is 7.66. The van der Waals surface area contributed by atoms with Crippen molar-refractivity contribution in [2.45, 2.75) is 13.5 Å². The maximum absolute atomic E-state index is 12.0. The predicted molar refractivity (Wildman–Crippen MR) is 69.2 cm³/mol. The van der Waals surface area contributed by atoms with Gasteiger partial charge in [0.05, 0.1) is 4.88 Å². The van der Waals surface area contributed by atoms with Gasteiger partial charge in [0.2, 0.25) is 0 Å². The first kappa shape index (κ1) is 11.4. The molecule has 2 aromatic rings. The summed E-state index contributed by atoms with van der Waals surface area (Å²) in [4.78, 5) is 15.8. The topological polar surface area (TPSA) is 20.3 Å². The van der Waals surface area contributed by atoms with Crippen molar-refractivity contribution in [3.63, 3.8) is 0 Å². The zero-order valence-corrected chi connectivity index (χ0v) is 10.9. The number of nitrogens with zero attached hydrogens (tertiary/aromatic N) is 1. The van der Waals surface area contributed by atoms with Crippen molar-refractivity contribution in [3.05, 3.63) is 44.3 Å². The number of rotatable bonds is 3. The Morgan fingerprint density at radius 3 is 2.75 bits per heavy atom. The minimum absolute atomic E-state index is 0.101. The molecule has 84 valence electrons. The van der Waals surface area contributed by atoms with Crippen LogP contribution in [0.5, 0.6) is 0 Å². The Bertz CT molecular complexity index is 473. The summed E-state index contributed by atoms with van der Waals surface area (Å²) >= 11 is 3.21. The fraction of sp³-hybridized carbons (Fsp3) is 0.250. The summed E-state index contributed by atoms with van der Waals surface area (Å²) in [5, 5.41) is 4.10. The van der Waals surface area contributed by atoms with E-state index in [1.165, 1.54) is 10.4 Å². The molecule has 0 radical (unpaired) electrons. The van der Waals surface area contributed by atoms with Crippen LogP contribution in [-0.2, 0) is 6.54 Å². The first-order valence-corrected chi connectivity index (χ1v) is 6.76. The average molecular weight is 251 g/mol. The van der Waals surface area contributed by atoms with Gasteiger partial charge in [-0.3, -0.25) is 4.79 Å². The number of carbonyl (C=O) groups excluding carboxylic acids is 1. The van der Waals surface area contributed by atoms with Crippen LogP contribution in [0.2, 0.25) is 0 Å². The number of thiophene rings is 2. The van der Waals surface area contributed by atoms with Crippen molar-refractivity contribution in [1.82, 2.24) is 4.90 Å². The van der Waals surface area contributed by atoms with Crippen LogP contribution in [-0.4, -0.2) is 17.9 Å². The SMILES string of the molecule is Cc1ccc(C(=O)N(C)Cc2ccsc2)s1. The van der Waals surface area contributed by atoms with Crippen molar-refractivity contribution in [2.24, 2.45) is 0 Å². The monoisotopic (exact) mass is 251 g/mol. The van der Waals surface area contributed by atoms with Crippen LogP contribution < -0.4 is 0 Å². The Labute approximate surface area is 103 Å². The van der Waals surface area contributed by atoms with Crippen molar-refractivity contribution in [3.8, 4) is 0 Å². The van der Waals surface area contributed by atoms with Crippen LogP contribution in [0.15, 0.2) is 29.0 Å². The molecule has 0 aliphatic heterocycles. The van der Waals surface area contributed by atoms with Gasteiger partial charge in [0.1, 0.15) is 0 Å². The Balaban J connectivity index is 2.05. The molecule has 0 fully saturated rings. The Kier molecular flexibility index (Phi) is 3.41. The summed E-state index contributed by atoms with van der Waals surface area (Å²) in [5.41, 5.74) is 1.19. The minimum atomic E-state index is 0.101. The molecule has 1 amide bonds. The van der Waals surface area contributed by atoms with E-state index in [0.29, 0.717) is 6.54 Å². The number of aryl methyl sites for hydroxylation is 1. The summed E-state index contributed by atoms with van der Waals surface area (Å²) < 4.78 is 0. The molecule has 0 saturated heterocycles. The molecule has 0 spiro atoms. The van der Waals surface area contributed by atoms with Crippen LogP contribution in [0.4, 0.5) is 0 Å². The maximum atomic E-state index is 12.0. The zero-order chi connectivity index (χ0) is 11.5. The van der Waals surface area contributed by atoms with Gasteiger partial charge in [-0.1, -0.05) is 0 Å². The number of hydrogen-bond acceptors (Lipinski definition) is 3. The van der Waals surface area contributed by atoms with E-state index in [0.717, 1.165) is 4.88 Å². The molecule has 0 N–H and O–H groups in total. The third-order valence-corrected chi connectivity index (χ3v) is 4.02. The Morgan fingerprint density at radius 1 is 1.38 bits per heavy atom. The second kappa shape index (κ2) is 4.80. The molecule has 0 atom stereocenters. The molecule has 0 bridgehead atoms. The highest BCUT2D eigenvalue weighted by Crippen LogP contribution is 2.18. The van der Waals surface area contributed by atoms with E-state index >= 15 is 0 Å². The molecule has 0 saturated carbocycles. The lowest BCUT2D eigenvalue weighted by molar-refractivity contribution is 0.0790. The lowest BCUT2D eigenvalue weighted by Crippen LogP contribution is -2.25. The second-order valence-electron chi connectivity index (χ2n) is 3.70. The Hall–Kier alpha value is -1.13. The predicted octanol–water partition coefficient (Wildman–Crippen LogP) is 3.39. The molecule has 0 aromatic carbocycles. The minimum Gasteiger partial charge on any atom is -0.337 e. The van der Waals surface area contributed by atoms with E-state index in [2.05, 4.69) is 5.38 Å². The summed E-state index contributed by atoms with van der Waals surface area (Å²) in [5.74, 6) is 0.101. The number of hydrogen-bond donors (Lipinski definition) is 0. The summed E-state index contributed by atoms with van der Waals surface area (Å²) in [6.45, 7) is 2.69. The summed E-state index contributed by atoms with van der Waals surface area (Å²) in [7, 11) is 1.84.